The van der Waals surface area contributed by atoms with Crippen LogP contribution in [0, 0.1) is 0 Å². The Morgan fingerprint density at radius 3 is 2.94 bits per heavy atom. The van der Waals surface area contributed by atoms with Crippen molar-refractivity contribution >= 4 is 27.5 Å². The molecule has 1 aromatic carbocycles. The highest BCUT2D eigenvalue weighted by Gasteiger charge is 2.14. The smallest absolute Gasteiger partial charge is 0.231 e. The van der Waals surface area contributed by atoms with Gasteiger partial charge in [-0.15, -0.1) is 0 Å². The summed E-state index contributed by atoms with van der Waals surface area (Å²) in [4.78, 5) is 4.30. The molecule has 0 saturated heterocycles. The number of benzene rings is 1. The standard InChI is InChI=1S/C11H11BrClN3O/c1-6(5-14)11-15-10(16-17-11)7-2-3-9(13)8(12)4-7/h2-4,6H,5,14H2,1H3. The number of hydrogen-bond acceptors (Lipinski definition) is 4. The molecule has 0 aliphatic rings. The summed E-state index contributed by atoms with van der Waals surface area (Å²) in [5.41, 5.74) is 6.39. The molecule has 0 aliphatic carbocycles. The molecule has 0 saturated carbocycles. The number of nitrogens with two attached hydrogens (primary N) is 1. The zero-order valence-corrected chi connectivity index (χ0v) is 11.5. The molecule has 0 amide bonds. The first-order valence-electron chi connectivity index (χ1n) is 5.11. The maximum Gasteiger partial charge on any atom is 0.231 e. The van der Waals surface area contributed by atoms with Gasteiger partial charge in [0.15, 0.2) is 0 Å². The summed E-state index contributed by atoms with van der Waals surface area (Å²) in [5.74, 6) is 1.15. The largest absolute Gasteiger partial charge is 0.339 e. The van der Waals surface area contributed by atoms with Gasteiger partial charge in [0.2, 0.25) is 11.7 Å². The van der Waals surface area contributed by atoms with E-state index in [1.807, 2.05) is 19.1 Å². The lowest BCUT2D eigenvalue weighted by Crippen LogP contribution is -2.08. The summed E-state index contributed by atoms with van der Waals surface area (Å²) >= 11 is 9.27. The molecule has 2 N–H and O–H groups in total. The summed E-state index contributed by atoms with van der Waals surface area (Å²) in [7, 11) is 0. The normalized spacial score (nSPS) is 12.7. The van der Waals surface area contributed by atoms with Crippen molar-refractivity contribution in [2.24, 2.45) is 5.73 Å². The molecule has 1 aromatic heterocycles. The second kappa shape index (κ2) is 5.16. The third kappa shape index (κ3) is 2.68. The number of aromatic nitrogens is 2. The number of nitrogens with zero attached hydrogens (tertiary/aromatic N) is 2. The quantitative estimate of drug-likeness (QED) is 0.944. The highest BCUT2D eigenvalue weighted by atomic mass is 79.9. The van der Waals surface area contributed by atoms with E-state index in [-0.39, 0.29) is 5.92 Å². The van der Waals surface area contributed by atoms with Gasteiger partial charge in [-0.05, 0) is 34.1 Å². The molecule has 0 aliphatic heterocycles. The van der Waals surface area contributed by atoms with Crippen molar-refractivity contribution in [3.8, 4) is 11.4 Å². The molecule has 0 fully saturated rings. The Morgan fingerprint density at radius 1 is 1.53 bits per heavy atom. The fraction of sp³-hybridized carbons (Fsp3) is 0.273. The second-order valence-corrected chi connectivity index (χ2v) is 4.98. The van der Waals surface area contributed by atoms with Crippen molar-refractivity contribution < 1.29 is 4.52 Å². The maximum absolute atomic E-state index is 5.92. The van der Waals surface area contributed by atoms with Crippen molar-refractivity contribution in [2.45, 2.75) is 12.8 Å². The van der Waals surface area contributed by atoms with Gasteiger partial charge >= 0.3 is 0 Å². The number of hydrogen-bond donors (Lipinski definition) is 1. The van der Waals surface area contributed by atoms with Gasteiger partial charge in [0.25, 0.3) is 0 Å². The molecule has 2 rings (SSSR count). The fourth-order valence-electron chi connectivity index (χ4n) is 1.29. The van der Waals surface area contributed by atoms with E-state index in [0.29, 0.717) is 23.3 Å². The van der Waals surface area contributed by atoms with Crippen LogP contribution in [0.15, 0.2) is 27.2 Å². The highest BCUT2D eigenvalue weighted by Crippen LogP contribution is 2.28. The minimum absolute atomic E-state index is 0.0620. The van der Waals surface area contributed by atoms with E-state index in [0.717, 1.165) is 10.0 Å². The molecular weight excluding hydrogens is 305 g/mol. The third-order valence-electron chi connectivity index (χ3n) is 2.39. The molecule has 0 spiro atoms. The van der Waals surface area contributed by atoms with Gasteiger partial charge in [-0.25, -0.2) is 0 Å². The SMILES string of the molecule is CC(CN)c1nc(-c2ccc(Cl)c(Br)c2)no1. The van der Waals surface area contributed by atoms with Crippen LogP contribution in [0.5, 0.6) is 0 Å². The zero-order chi connectivity index (χ0) is 12.4. The van der Waals surface area contributed by atoms with Crippen LogP contribution in [0.2, 0.25) is 5.02 Å². The summed E-state index contributed by atoms with van der Waals surface area (Å²) in [6, 6.07) is 5.47. The van der Waals surface area contributed by atoms with Gasteiger partial charge in [0.1, 0.15) is 0 Å². The van der Waals surface area contributed by atoms with Gasteiger partial charge in [0, 0.05) is 22.5 Å². The van der Waals surface area contributed by atoms with Crippen LogP contribution in [-0.4, -0.2) is 16.7 Å². The highest BCUT2D eigenvalue weighted by molar-refractivity contribution is 9.10. The molecule has 0 bridgehead atoms. The van der Waals surface area contributed by atoms with Crippen molar-refractivity contribution in [1.82, 2.24) is 10.1 Å². The molecule has 17 heavy (non-hydrogen) atoms. The molecule has 2 aromatic rings. The molecule has 6 heteroatoms. The van der Waals surface area contributed by atoms with Gasteiger partial charge in [0.05, 0.1) is 5.02 Å². The van der Waals surface area contributed by atoms with E-state index in [4.69, 9.17) is 21.9 Å². The molecule has 1 heterocycles. The van der Waals surface area contributed by atoms with E-state index in [9.17, 15) is 0 Å². The lowest BCUT2D eigenvalue weighted by Gasteiger charge is -1.99. The first-order chi connectivity index (χ1) is 8.11. The van der Waals surface area contributed by atoms with Crippen LogP contribution in [-0.2, 0) is 0 Å². The summed E-state index contributed by atoms with van der Waals surface area (Å²) in [5, 5.41) is 4.57. The van der Waals surface area contributed by atoms with E-state index in [1.54, 1.807) is 6.07 Å². The molecule has 0 radical (unpaired) electrons. The van der Waals surface area contributed by atoms with Gasteiger partial charge in [-0.1, -0.05) is 23.7 Å². The summed E-state index contributed by atoms with van der Waals surface area (Å²) in [6.07, 6.45) is 0. The predicted octanol–water partition coefficient (Wildman–Crippen LogP) is 3.21. The van der Waals surface area contributed by atoms with Crippen LogP contribution in [0.25, 0.3) is 11.4 Å². The number of halogens is 2. The molecular formula is C11H11BrClN3O. The Balaban J connectivity index is 2.33. The lowest BCUT2D eigenvalue weighted by molar-refractivity contribution is 0.361. The van der Waals surface area contributed by atoms with Gasteiger partial charge in [-0.2, -0.15) is 4.98 Å². The monoisotopic (exact) mass is 315 g/mol. The zero-order valence-electron chi connectivity index (χ0n) is 9.15. The van der Waals surface area contributed by atoms with Crippen LogP contribution in [0.1, 0.15) is 18.7 Å². The minimum Gasteiger partial charge on any atom is -0.339 e. The number of rotatable bonds is 3. The van der Waals surface area contributed by atoms with E-state index < -0.39 is 0 Å². The average Bonchev–Trinajstić information content (AvgIpc) is 2.81. The van der Waals surface area contributed by atoms with Crippen molar-refractivity contribution in [3.05, 3.63) is 33.6 Å². The minimum atomic E-state index is 0.0620. The van der Waals surface area contributed by atoms with E-state index in [1.165, 1.54) is 0 Å². The second-order valence-electron chi connectivity index (χ2n) is 3.72. The van der Waals surface area contributed by atoms with Crippen LogP contribution < -0.4 is 5.73 Å². The Labute approximate surface area is 112 Å². The molecule has 1 atom stereocenters. The van der Waals surface area contributed by atoms with Crippen LogP contribution in [0.3, 0.4) is 0 Å². The molecule has 1 unspecified atom stereocenters. The first-order valence-corrected chi connectivity index (χ1v) is 6.28. The average molecular weight is 317 g/mol. The van der Waals surface area contributed by atoms with Crippen molar-refractivity contribution in [1.29, 1.82) is 0 Å². The predicted molar refractivity (Wildman–Crippen MR) is 69.9 cm³/mol. The lowest BCUT2D eigenvalue weighted by atomic mass is 10.2. The van der Waals surface area contributed by atoms with E-state index in [2.05, 4.69) is 26.1 Å². The third-order valence-corrected chi connectivity index (χ3v) is 3.61. The maximum atomic E-state index is 5.92. The Morgan fingerprint density at radius 2 is 2.29 bits per heavy atom. The van der Waals surface area contributed by atoms with Crippen LogP contribution in [0.4, 0.5) is 0 Å². The topological polar surface area (TPSA) is 64.9 Å². The van der Waals surface area contributed by atoms with Crippen molar-refractivity contribution in [3.63, 3.8) is 0 Å². The Bertz CT molecular complexity index is 529. The molecule has 90 valence electrons. The summed E-state index contributed by atoms with van der Waals surface area (Å²) < 4.78 is 5.95. The Kier molecular flexibility index (Phi) is 3.81. The summed E-state index contributed by atoms with van der Waals surface area (Å²) in [6.45, 7) is 2.42. The van der Waals surface area contributed by atoms with E-state index >= 15 is 0 Å². The molecule has 4 nitrogen and oxygen atoms in total. The van der Waals surface area contributed by atoms with Crippen LogP contribution >= 0.6 is 27.5 Å². The first kappa shape index (κ1) is 12.5. The fourth-order valence-corrected chi connectivity index (χ4v) is 1.78. The van der Waals surface area contributed by atoms with Gasteiger partial charge in [-0.3, -0.25) is 0 Å². The van der Waals surface area contributed by atoms with Crippen molar-refractivity contribution in [2.75, 3.05) is 6.54 Å². The van der Waals surface area contributed by atoms with Gasteiger partial charge < -0.3 is 10.3 Å². The Hall–Kier alpha value is -0.910.